The summed E-state index contributed by atoms with van der Waals surface area (Å²) >= 11 is 0. The Balaban J connectivity index is 2.88. The number of rotatable bonds is 3. The molecule has 0 aliphatic carbocycles. The minimum absolute atomic E-state index is 0.230. The maximum Gasteiger partial charge on any atom is 0.128 e. The third-order valence-electron chi connectivity index (χ3n) is 1.69. The Labute approximate surface area is 71.0 Å². The fourth-order valence-corrected chi connectivity index (χ4v) is 1.13. The normalized spacial score (nSPS) is 16.0. The van der Waals surface area contributed by atoms with Crippen molar-refractivity contribution in [2.75, 3.05) is 13.7 Å². The third kappa shape index (κ3) is 1.62. The van der Waals surface area contributed by atoms with Gasteiger partial charge in [-0.05, 0) is 6.92 Å². The average molecular weight is 171 g/mol. The molecule has 0 radical (unpaired) electrons. The Bertz CT molecular complexity index is 257. The molecule has 68 valence electrons. The number of hydrogen-bond acceptors (Lipinski definition) is 4. The fraction of sp³-hybridized carbons (Fsp3) is 0.714. The molecule has 5 heteroatoms. The van der Waals surface area contributed by atoms with Gasteiger partial charge in [0.2, 0.25) is 0 Å². The Morgan fingerprint density at radius 2 is 2.42 bits per heavy atom. The molecule has 0 saturated heterocycles. The van der Waals surface area contributed by atoms with Gasteiger partial charge in [0.05, 0.1) is 18.5 Å². The van der Waals surface area contributed by atoms with E-state index < -0.39 is 5.60 Å². The molecule has 1 unspecified atom stereocenters. The SMILES string of the molecule is COCC(C)(O)c1cnnn1C. The molecule has 1 rings (SSSR count). The lowest BCUT2D eigenvalue weighted by Gasteiger charge is -2.21. The van der Waals surface area contributed by atoms with E-state index in [1.165, 1.54) is 18.0 Å². The van der Waals surface area contributed by atoms with Crippen molar-refractivity contribution in [1.82, 2.24) is 15.0 Å². The predicted octanol–water partition coefficient (Wildman–Crippen LogP) is -0.331. The topological polar surface area (TPSA) is 60.2 Å². The summed E-state index contributed by atoms with van der Waals surface area (Å²) in [7, 11) is 3.27. The van der Waals surface area contributed by atoms with Crippen LogP contribution in [0.2, 0.25) is 0 Å². The first-order valence-electron chi connectivity index (χ1n) is 3.64. The summed E-state index contributed by atoms with van der Waals surface area (Å²) in [5.74, 6) is 0. The Hall–Kier alpha value is -0.940. The van der Waals surface area contributed by atoms with Gasteiger partial charge in [-0.15, -0.1) is 5.10 Å². The van der Waals surface area contributed by atoms with Gasteiger partial charge in [0, 0.05) is 14.2 Å². The molecule has 0 aromatic carbocycles. The molecule has 1 N–H and O–H groups in total. The summed E-state index contributed by atoms with van der Waals surface area (Å²) in [6, 6.07) is 0. The summed E-state index contributed by atoms with van der Waals surface area (Å²) in [6.45, 7) is 1.89. The minimum atomic E-state index is -1.02. The first-order chi connectivity index (χ1) is 5.58. The van der Waals surface area contributed by atoms with E-state index in [2.05, 4.69) is 10.3 Å². The van der Waals surface area contributed by atoms with Crippen LogP contribution >= 0.6 is 0 Å². The van der Waals surface area contributed by atoms with Crippen molar-refractivity contribution >= 4 is 0 Å². The van der Waals surface area contributed by atoms with Crippen molar-refractivity contribution in [3.63, 3.8) is 0 Å². The lowest BCUT2D eigenvalue weighted by atomic mass is 10.1. The molecule has 0 amide bonds. The second kappa shape index (κ2) is 3.20. The molecule has 0 bridgehead atoms. The summed E-state index contributed by atoms with van der Waals surface area (Å²) in [6.07, 6.45) is 1.53. The number of methoxy groups -OCH3 is 1. The zero-order chi connectivity index (χ0) is 9.19. The Morgan fingerprint density at radius 3 is 2.83 bits per heavy atom. The van der Waals surface area contributed by atoms with Gasteiger partial charge < -0.3 is 9.84 Å². The predicted molar refractivity (Wildman–Crippen MR) is 42.4 cm³/mol. The van der Waals surface area contributed by atoms with Gasteiger partial charge in [-0.1, -0.05) is 5.21 Å². The molecular formula is C7H13N3O2. The van der Waals surface area contributed by atoms with Crippen LogP contribution in [0.25, 0.3) is 0 Å². The Morgan fingerprint density at radius 1 is 1.75 bits per heavy atom. The molecule has 1 heterocycles. The summed E-state index contributed by atoms with van der Waals surface area (Å²) in [5.41, 5.74) is -0.378. The van der Waals surface area contributed by atoms with Gasteiger partial charge in [0.1, 0.15) is 5.60 Å². The second-order valence-corrected chi connectivity index (χ2v) is 2.95. The number of ether oxygens (including phenoxy) is 1. The summed E-state index contributed by atoms with van der Waals surface area (Å²) in [5, 5.41) is 17.2. The van der Waals surface area contributed by atoms with Crippen molar-refractivity contribution in [2.24, 2.45) is 7.05 Å². The molecule has 0 saturated carbocycles. The molecule has 0 fully saturated rings. The highest BCUT2D eigenvalue weighted by molar-refractivity contribution is 5.05. The van der Waals surface area contributed by atoms with E-state index in [4.69, 9.17) is 4.74 Å². The first-order valence-corrected chi connectivity index (χ1v) is 3.64. The number of aliphatic hydroxyl groups is 1. The Kier molecular flexibility index (Phi) is 2.44. The molecule has 0 aliphatic rings. The van der Waals surface area contributed by atoms with E-state index in [-0.39, 0.29) is 6.61 Å². The van der Waals surface area contributed by atoms with Crippen LogP contribution in [0.1, 0.15) is 12.6 Å². The van der Waals surface area contributed by atoms with E-state index >= 15 is 0 Å². The lowest BCUT2D eigenvalue weighted by Crippen LogP contribution is -2.29. The van der Waals surface area contributed by atoms with Crippen LogP contribution in [0.4, 0.5) is 0 Å². The maximum atomic E-state index is 9.83. The van der Waals surface area contributed by atoms with Crippen LogP contribution < -0.4 is 0 Å². The molecule has 1 aromatic heterocycles. The summed E-state index contributed by atoms with van der Waals surface area (Å²) < 4.78 is 6.39. The largest absolute Gasteiger partial charge is 0.381 e. The molecule has 12 heavy (non-hydrogen) atoms. The van der Waals surface area contributed by atoms with Crippen LogP contribution in [-0.2, 0) is 17.4 Å². The maximum absolute atomic E-state index is 9.83. The van der Waals surface area contributed by atoms with Gasteiger partial charge >= 0.3 is 0 Å². The molecule has 0 aliphatic heterocycles. The highest BCUT2D eigenvalue weighted by Crippen LogP contribution is 2.18. The van der Waals surface area contributed by atoms with E-state index in [1.54, 1.807) is 14.0 Å². The number of aromatic nitrogens is 3. The van der Waals surface area contributed by atoms with Crippen LogP contribution in [0, 0.1) is 0 Å². The quantitative estimate of drug-likeness (QED) is 0.676. The monoisotopic (exact) mass is 171 g/mol. The molecule has 1 atom stereocenters. The van der Waals surface area contributed by atoms with E-state index in [9.17, 15) is 5.11 Å². The van der Waals surface area contributed by atoms with Crippen molar-refractivity contribution in [2.45, 2.75) is 12.5 Å². The number of aryl methyl sites for hydroxylation is 1. The molecule has 1 aromatic rings. The van der Waals surface area contributed by atoms with Crippen molar-refractivity contribution < 1.29 is 9.84 Å². The van der Waals surface area contributed by atoms with Crippen LogP contribution in [0.15, 0.2) is 6.20 Å². The standard InChI is InChI=1S/C7H13N3O2/c1-7(11,5-12-3)6-4-8-9-10(6)2/h4,11H,5H2,1-3H3. The number of nitrogens with zero attached hydrogens (tertiary/aromatic N) is 3. The molecule has 5 nitrogen and oxygen atoms in total. The van der Waals surface area contributed by atoms with E-state index in [0.29, 0.717) is 5.69 Å². The van der Waals surface area contributed by atoms with Gasteiger partial charge in [-0.3, -0.25) is 0 Å². The lowest BCUT2D eigenvalue weighted by molar-refractivity contribution is -0.0265. The van der Waals surface area contributed by atoms with E-state index in [1.807, 2.05) is 0 Å². The first kappa shape index (κ1) is 9.15. The second-order valence-electron chi connectivity index (χ2n) is 2.95. The minimum Gasteiger partial charge on any atom is -0.381 e. The highest BCUT2D eigenvalue weighted by atomic mass is 16.5. The summed E-state index contributed by atoms with van der Waals surface area (Å²) in [4.78, 5) is 0. The van der Waals surface area contributed by atoms with Crippen molar-refractivity contribution in [3.05, 3.63) is 11.9 Å². The molecule has 0 spiro atoms. The smallest absolute Gasteiger partial charge is 0.128 e. The average Bonchev–Trinajstić information content (AvgIpc) is 2.35. The fourth-order valence-electron chi connectivity index (χ4n) is 1.13. The van der Waals surface area contributed by atoms with Crippen molar-refractivity contribution in [1.29, 1.82) is 0 Å². The molecular weight excluding hydrogens is 158 g/mol. The van der Waals surface area contributed by atoms with Crippen LogP contribution in [-0.4, -0.2) is 33.8 Å². The third-order valence-corrected chi connectivity index (χ3v) is 1.69. The zero-order valence-electron chi connectivity index (χ0n) is 7.48. The number of hydrogen-bond donors (Lipinski definition) is 1. The van der Waals surface area contributed by atoms with Gasteiger partial charge in [0.25, 0.3) is 0 Å². The van der Waals surface area contributed by atoms with Crippen molar-refractivity contribution in [3.8, 4) is 0 Å². The van der Waals surface area contributed by atoms with Crippen LogP contribution in [0.5, 0.6) is 0 Å². The van der Waals surface area contributed by atoms with Gasteiger partial charge in [-0.2, -0.15) is 0 Å². The highest BCUT2D eigenvalue weighted by Gasteiger charge is 2.26. The van der Waals surface area contributed by atoms with E-state index in [0.717, 1.165) is 0 Å². The zero-order valence-corrected chi connectivity index (χ0v) is 7.48. The van der Waals surface area contributed by atoms with Gasteiger partial charge in [-0.25, -0.2) is 4.68 Å². The van der Waals surface area contributed by atoms with Crippen LogP contribution in [0.3, 0.4) is 0 Å². The van der Waals surface area contributed by atoms with Gasteiger partial charge in [0.15, 0.2) is 0 Å².